The summed E-state index contributed by atoms with van der Waals surface area (Å²) < 4.78 is 26.6. The lowest BCUT2D eigenvalue weighted by Crippen LogP contribution is -2.51. The third-order valence-corrected chi connectivity index (χ3v) is 4.13. The van der Waals surface area contributed by atoms with Crippen LogP contribution in [0.5, 0.6) is 0 Å². The molecule has 1 heterocycles. The van der Waals surface area contributed by atoms with E-state index in [-0.39, 0.29) is 11.5 Å². The molecule has 1 aromatic carbocycles. The van der Waals surface area contributed by atoms with E-state index in [1.165, 1.54) is 11.0 Å². The van der Waals surface area contributed by atoms with Gasteiger partial charge in [-0.2, -0.15) is 0 Å². The van der Waals surface area contributed by atoms with Crippen molar-refractivity contribution < 1.29 is 18.4 Å². The number of rotatable bonds is 4. The summed E-state index contributed by atoms with van der Waals surface area (Å²) in [4.78, 5) is 27.5. The molecule has 7 heteroatoms. The number of carbonyl (C=O) groups excluding carboxylic acids is 2. The van der Waals surface area contributed by atoms with Crippen LogP contribution in [0.25, 0.3) is 0 Å². The standard InChI is InChI=1S/C16H19F2N3O2/c17-11-1-4-13(14(18)9-11)16(23)21-7-5-20(6-8-21)10-15(22)19-12-2-3-12/h1,4,9,12H,2-3,5-8,10H2,(H,19,22). The summed E-state index contributed by atoms with van der Waals surface area (Å²) >= 11 is 0. The summed E-state index contributed by atoms with van der Waals surface area (Å²) in [5.74, 6) is -1.98. The first-order chi connectivity index (χ1) is 11.0. The highest BCUT2D eigenvalue weighted by Crippen LogP contribution is 2.18. The van der Waals surface area contributed by atoms with Gasteiger partial charge in [-0.05, 0) is 25.0 Å². The number of nitrogens with zero attached hydrogens (tertiary/aromatic N) is 2. The fourth-order valence-electron chi connectivity index (χ4n) is 2.65. The molecular formula is C16H19F2N3O2. The van der Waals surface area contributed by atoms with Gasteiger partial charge in [0.15, 0.2) is 0 Å². The fourth-order valence-corrected chi connectivity index (χ4v) is 2.65. The zero-order chi connectivity index (χ0) is 16.4. The van der Waals surface area contributed by atoms with E-state index in [0.29, 0.717) is 44.8 Å². The normalized spacial score (nSPS) is 18.8. The molecule has 0 aromatic heterocycles. The van der Waals surface area contributed by atoms with Crippen LogP contribution >= 0.6 is 0 Å². The zero-order valence-electron chi connectivity index (χ0n) is 12.7. The Labute approximate surface area is 133 Å². The minimum absolute atomic E-state index is 0.0110. The Balaban J connectivity index is 1.51. The number of hydrogen-bond acceptors (Lipinski definition) is 3. The summed E-state index contributed by atoms with van der Waals surface area (Å²) in [5, 5.41) is 2.93. The van der Waals surface area contributed by atoms with Gasteiger partial charge in [0.05, 0.1) is 12.1 Å². The summed E-state index contributed by atoms with van der Waals surface area (Å²) in [6, 6.07) is 3.30. The van der Waals surface area contributed by atoms with Crippen molar-refractivity contribution in [1.29, 1.82) is 0 Å². The van der Waals surface area contributed by atoms with Crippen LogP contribution in [0.3, 0.4) is 0 Å². The van der Waals surface area contributed by atoms with Crippen molar-refractivity contribution in [3.8, 4) is 0 Å². The number of carbonyl (C=O) groups is 2. The molecule has 1 aliphatic heterocycles. The molecule has 1 aliphatic carbocycles. The van der Waals surface area contributed by atoms with Crippen LogP contribution in [0.15, 0.2) is 18.2 Å². The molecule has 0 spiro atoms. The Hall–Kier alpha value is -2.02. The Morgan fingerprint density at radius 3 is 2.43 bits per heavy atom. The summed E-state index contributed by atoms with van der Waals surface area (Å²) in [7, 11) is 0. The quantitative estimate of drug-likeness (QED) is 0.899. The maximum atomic E-state index is 13.7. The summed E-state index contributed by atoms with van der Waals surface area (Å²) in [6.07, 6.45) is 2.11. The molecule has 1 saturated heterocycles. The van der Waals surface area contributed by atoms with Gasteiger partial charge in [-0.1, -0.05) is 0 Å². The molecule has 2 aliphatic rings. The van der Waals surface area contributed by atoms with E-state index in [1.807, 2.05) is 4.90 Å². The van der Waals surface area contributed by atoms with Gasteiger partial charge in [0, 0.05) is 38.3 Å². The summed E-state index contributed by atoms with van der Waals surface area (Å²) in [6.45, 7) is 2.29. The Morgan fingerprint density at radius 1 is 1.13 bits per heavy atom. The van der Waals surface area contributed by atoms with Crippen molar-refractivity contribution in [2.24, 2.45) is 0 Å². The Kier molecular flexibility index (Phi) is 4.56. The molecule has 2 fully saturated rings. The zero-order valence-corrected chi connectivity index (χ0v) is 12.7. The number of benzene rings is 1. The molecule has 0 bridgehead atoms. The first-order valence-corrected chi connectivity index (χ1v) is 7.79. The van der Waals surface area contributed by atoms with Crippen molar-refractivity contribution in [1.82, 2.24) is 15.1 Å². The van der Waals surface area contributed by atoms with E-state index in [2.05, 4.69) is 5.32 Å². The molecule has 1 aromatic rings. The Morgan fingerprint density at radius 2 is 1.83 bits per heavy atom. The van der Waals surface area contributed by atoms with Gasteiger partial charge in [0.1, 0.15) is 11.6 Å². The van der Waals surface area contributed by atoms with Gasteiger partial charge in [-0.25, -0.2) is 8.78 Å². The predicted molar refractivity (Wildman–Crippen MR) is 79.9 cm³/mol. The predicted octanol–water partition coefficient (Wildman–Crippen LogP) is 1.00. The minimum Gasteiger partial charge on any atom is -0.352 e. The monoisotopic (exact) mass is 323 g/mol. The second kappa shape index (κ2) is 6.62. The van der Waals surface area contributed by atoms with E-state index in [9.17, 15) is 18.4 Å². The number of piperazine rings is 1. The van der Waals surface area contributed by atoms with Crippen LogP contribution in [0.4, 0.5) is 8.78 Å². The van der Waals surface area contributed by atoms with E-state index in [4.69, 9.17) is 0 Å². The largest absolute Gasteiger partial charge is 0.352 e. The summed E-state index contributed by atoms with van der Waals surface area (Å²) in [5.41, 5.74) is -0.119. The molecule has 5 nitrogen and oxygen atoms in total. The molecule has 3 rings (SSSR count). The molecule has 1 N–H and O–H groups in total. The molecule has 0 unspecified atom stereocenters. The van der Waals surface area contributed by atoms with Crippen LogP contribution in [0.2, 0.25) is 0 Å². The lowest BCUT2D eigenvalue weighted by Gasteiger charge is -2.34. The fraction of sp³-hybridized carbons (Fsp3) is 0.500. The van der Waals surface area contributed by atoms with E-state index >= 15 is 0 Å². The van der Waals surface area contributed by atoms with Gasteiger partial charge in [-0.15, -0.1) is 0 Å². The highest BCUT2D eigenvalue weighted by atomic mass is 19.1. The van der Waals surface area contributed by atoms with Crippen molar-refractivity contribution in [2.45, 2.75) is 18.9 Å². The van der Waals surface area contributed by atoms with Crippen LogP contribution < -0.4 is 5.32 Å². The molecule has 0 atom stereocenters. The number of nitrogens with one attached hydrogen (secondary N) is 1. The van der Waals surface area contributed by atoms with Crippen LogP contribution in [-0.4, -0.2) is 60.4 Å². The molecule has 124 valence electrons. The minimum atomic E-state index is -0.846. The third-order valence-electron chi connectivity index (χ3n) is 4.13. The van der Waals surface area contributed by atoms with Crippen molar-refractivity contribution in [2.75, 3.05) is 32.7 Å². The topological polar surface area (TPSA) is 52.7 Å². The average molecular weight is 323 g/mol. The van der Waals surface area contributed by atoms with Gasteiger partial charge < -0.3 is 10.2 Å². The van der Waals surface area contributed by atoms with Gasteiger partial charge in [0.2, 0.25) is 5.91 Å². The number of halogens is 2. The van der Waals surface area contributed by atoms with Crippen molar-refractivity contribution in [3.05, 3.63) is 35.4 Å². The molecule has 23 heavy (non-hydrogen) atoms. The van der Waals surface area contributed by atoms with Crippen LogP contribution in [0, 0.1) is 11.6 Å². The maximum absolute atomic E-state index is 13.7. The second-order valence-corrected chi connectivity index (χ2v) is 6.03. The highest BCUT2D eigenvalue weighted by molar-refractivity contribution is 5.94. The number of amides is 2. The smallest absolute Gasteiger partial charge is 0.256 e. The molecule has 0 radical (unpaired) electrons. The SMILES string of the molecule is O=C(CN1CCN(C(=O)c2ccc(F)cc2F)CC1)NC1CC1. The van der Waals surface area contributed by atoms with Gasteiger partial charge in [-0.3, -0.25) is 14.5 Å². The lowest BCUT2D eigenvalue weighted by molar-refractivity contribution is -0.122. The van der Waals surface area contributed by atoms with Crippen molar-refractivity contribution in [3.63, 3.8) is 0 Å². The first kappa shape index (κ1) is 15.9. The molecular weight excluding hydrogens is 304 g/mol. The number of hydrogen-bond donors (Lipinski definition) is 1. The highest BCUT2D eigenvalue weighted by Gasteiger charge is 2.27. The average Bonchev–Trinajstić information content (AvgIpc) is 3.31. The van der Waals surface area contributed by atoms with Crippen LogP contribution in [0.1, 0.15) is 23.2 Å². The van der Waals surface area contributed by atoms with Crippen LogP contribution in [-0.2, 0) is 4.79 Å². The first-order valence-electron chi connectivity index (χ1n) is 7.79. The van der Waals surface area contributed by atoms with Gasteiger partial charge >= 0.3 is 0 Å². The third kappa shape index (κ3) is 4.04. The Bertz CT molecular complexity index is 611. The lowest BCUT2D eigenvalue weighted by atomic mass is 10.1. The molecule has 1 saturated carbocycles. The van der Waals surface area contributed by atoms with Crippen molar-refractivity contribution >= 4 is 11.8 Å². The van der Waals surface area contributed by atoms with E-state index < -0.39 is 17.5 Å². The second-order valence-electron chi connectivity index (χ2n) is 6.03. The molecule has 2 amide bonds. The van der Waals surface area contributed by atoms with E-state index in [1.54, 1.807) is 0 Å². The maximum Gasteiger partial charge on any atom is 0.256 e. The van der Waals surface area contributed by atoms with E-state index in [0.717, 1.165) is 18.9 Å². The van der Waals surface area contributed by atoms with Gasteiger partial charge in [0.25, 0.3) is 5.91 Å².